The average Bonchev–Trinajstić information content (AvgIpc) is 2.86. The summed E-state index contributed by atoms with van der Waals surface area (Å²) in [7, 11) is 6.35. The number of hydrogen-bond acceptors (Lipinski definition) is 5. The lowest BCUT2D eigenvalue weighted by Gasteiger charge is -2.12. The predicted octanol–water partition coefficient (Wildman–Crippen LogP) is 5.54. The highest BCUT2D eigenvalue weighted by Crippen LogP contribution is 2.38. The molecule has 6 nitrogen and oxygen atoms in total. The zero-order valence-electron chi connectivity index (χ0n) is 19.1. The molecule has 33 heavy (non-hydrogen) atoms. The van der Waals surface area contributed by atoms with E-state index in [0.29, 0.717) is 28.7 Å². The molecule has 0 aliphatic rings. The van der Waals surface area contributed by atoms with E-state index in [0.717, 1.165) is 16.7 Å². The van der Waals surface area contributed by atoms with Gasteiger partial charge in [-0.2, -0.15) is 0 Å². The largest absolute Gasteiger partial charge is 0.496 e. The maximum Gasteiger partial charge on any atom is 0.248 e. The number of ether oxygens (including phenoxy) is 4. The van der Waals surface area contributed by atoms with Crippen molar-refractivity contribution in [2.45, 2.75) is 0 Å². The minimum absolute atomic E-state index is 0.221. The van der Waals surface area contributed by atoms with Crippen molar-refractivity contribution in [1.29, 1.82) is 0 Å². The van der Waals surface area contributed by atoms with Crippen molar-refractivity contribution in [3.8, 4) is 23.0 Å². The van der Waals surface area contributed by atoms with Crippen molar-refractivity contribution in [3.63, 3.8) is 0 Å². The third-order valence-electron chi connectivity index (χ3n) is 4.89. The molecule has 170 valence electrons. The van der Waals surface area contributed by atoms with E-state index < -0.39 is 0 Å². The molecule has 0 aromatic heterocycles. The minimum Gasteiger partial charge on any atom is -0.496 e. The van der Waals surface area contributed by atoms with Gasteiger partial charge in [0.1, 0.15) is 5.75 Å². The van der Waals surface area contributed by atoms with Crippen molar-refractivity contribution in [2.75, 3.05) is 33.8 Å². The highest BCUT2D eigenvalue weighted by atomic mass is 16.5. The normalized spacial score (nSPS) is 10.9. The quantitative estimate of drug-likeness (QED) is 0.346. The lowest BCUT2D eigenvalue weighted by atomic mass is 10.1. The van der Waals surface area contributed by atoms with E-state index in [1.54, 1.807) is 34.5 Å². The summed E-state index contributed by atoms with van der Waals surface area (Å²) in [6.07, 6.45) is 7.13. The van der Waals surface area contributed by atoms with Gasteiger partial charge in [-0.15, -0.1) is 0 Å². The summed E-state index contributed by atoms with van der Waals surface area (Å²) in [5, 5.41) is 2.86. The highest BCUT2D eigenvalue weighted by molar-refractivity contribution is 6.02. The first kappa shape index (κ1) is 23.5. The zero-order valence-corrected chi connectivity index (χ0v) is 19.1. The van der Waals surface area contributed by atoms with Gasteiger partial charge in [-0.3, -0.25) is 4.79 Å². The number of rotatable bonds is 9. The molecule has 0 atom stereocenters. The first-order valence-corrected chi connectivity index (χ1v) is 10.3. The number of carbonyl (C=O) groups excluding carboxylic acids is 1. The molecule has 0 aliphatic heterocycles. The van der Waals surface area contributed by atoms with Crippen molar-refractivity contribution >= 4 is 29.8 Å². The Morgan fingerprint density at radius 2 is 1.30 bits per heavy atom. The van der Waals surface area contributed by atoms with Crippen LogP contribution in [-0.2, 0) is 4.79 Å². The van der Waals surface area contributed by atoms with Crippen LogP contribution in [0, 0.1) is 0 Å². The van der Waals surface area contributed by atoms with Crippen LogP contribution < -0.4 is 24.3 Å². The Kier molecular flexibility index (Phi) is 8.13. The van der Waals surface area contributed by atoms with Gasteiger partial charge in [0, 0.05) is 17.3 Å². The number of methoxy groups -OCH3 is 4. The second-order valence-electron chi connectivity index (χ2n) is 6.98. The van der Waals surface area contributed by atoms with E-state index in [1.807, 2.05) is 72.8 Å². The summed E-state index contributed by atoms with van der Waals surface area (Å²) in [5.74, 6) is 2.23. The first-order valence-electron chi connectivity index (χ1n) is 10.3. The molecule has 3 rings (SSSR count). The molecule has 0 fully saturated rings. The number of carbonyl (C=O) groups is 1. The van der Waals surface area contributed by atoms with Gasteiger partial charge < -0.3 is 24.3 Å². The molecule has 0 spiro atoms. The Bertz CT molecular complexity index is 1120. The van der Waals surface area contributed by atoms with E-state index >= 15 is 0 Å². The van der Waals surface area contributed by atoms with Crippen LogP contribution in [0.15, 0.2) is 66.7 Å². The Balaban J connectivity index is 1.66. The fourth-order valence-corrected chi connectivity index (χ4v) is 3.22. The van der Waals surface area contributed by atoms with Crippen molar-refractivity contribution in [2.24, 2.45) is 0 Å². The van der Waals surface area contributed by atoms with E-state index in [4.69, 9.17) is 18.9 Å². The molecular formula is C27H27NO5. The lowest BCUT2D eigenvalue weighted by Crippen LogP contribution is -2.07. The van der Waals surface area contributed by atoms with Gasteiger partial charge >= 0.3 is 0 Å². The monoisotopic (exact) mass is 445 g/mol. The fourth-order valence-electron chi connectivity index (χ4n) is 3.22. The number of nitrogens with one attached hydrogen (secondary N) is 1. The molecule has 0 saturated heterocycles. The van der Waals surface area contributed by atoms with Crippen LogP contribution in [0.2, 0.25) is 0 Å². The van der Waals surface area contributed by atoms with E-state index in [2.05, 4.69) is 5.32 Å². The SMILES string of the molecule is COc1ccccc1/C=C/C(=O)Nc1ccc(C=Cc2cc(OC)c(OC)c(OC)c2)cc1. The van der Waals surface area contributed by atoms with E-state index in [-0.39, 0.29) is 5.91 Å². The van der Waals surface area contributed by atoms with Gasteiger partial charge in [0.25, 0.3) is 0 Å². The van der Waals surface area contributed by atoms with Gasteiger partial charge in [0.15, 0.2) is 11.5 Å². The summed E-state index contributed by atoms with van der Waals surface area (Å²) in [6.45, 7) is 0. The molecule has 0 unspecified atom stereocenters. The first-order chi connectivity index (χ1) is 16.1. The Labute approximate surface area is 194 Å². The van der Waals surface area contributed by atoms with Crippen LogP contribution in [0.1, 0.15) is 16.7 Å². The summed E-state index contributed by atoms with van der Waals surface area (Å²) in [4.78, 5) is 12.3. The van der Waals surface area contributed by atoms with Crippen molar-refractivity contribution in [1.82, 2.24) is 0 Å². The molecule has 3 aromatic rings. The molecule has 0 heterocycles. The van der Waals surface area contributed by atoms with Crippen molar-refractivity contribution < 1.29 is 23.7 Å². The number of anilines is 1. The lowest BCUT2D eigenvalue weighted by molar-refractivity contribution is -0.111. The number of para-hydroxylation sites is 1. The standard InChI is InChI=1S/C27H27NO5/c1-30-23-8-6-5-7-21(23)13-16-26(29)28-22-14-11-19(12-15-22)9-10-20-17-24(31-2)27(33-4)25(18-20)32-3/h5-18H,1-4H3,(H,28,29)/b10-9?,16-13+. The minimum atomic E-state index is -0.221. The topological polar surface area (TPSA) is 66.0 Å². The van der Waals surface area contributed by atoms with Crippen LogP contribution >= 0.6 is 0 Å². The Morgan fingerprint density at radius 3 is 1.91 bits per heavy atom. The second-order valence-corrected chi connectivity index (χ2v) is 6.98. The van der Waals surface area contributed by atoms with Gasteiger partial charge in [-0.05, 0) is 47.5 Å². The predicted molar refractivity (Wildman–Crippen MR) is 132 cm³/mol. The maximum absolute atomic E-state index is 12.3. The number of benzene rings is 3. The molecule has 0 saturated carbocycles. The smallest absolute Gasteiger partial charge is 0.248 e. The van der Waals surface area contributed by atoms with Crippen LogP contribution in [0.25, 0.3) is 18.2 Å². The third kappa shape index (κ3) is 6.17. The Morgan fingerprint density at radius 1 is 0.697 bits per heavy atom. The molecule has 3 aromatic carbocycles. The third-order valence-corrected chi connectivity index (χ3v) is 4.89. The van der Waals surface area contributed by atoms with Crippen LogP contribution in [0.5, 0.6) is 23.0 Å². The molecule has 1 N–H and O–H groups in total. The molecule has 0 aliphatic carbocycles. The van der Waals surface area contributed by atoms with Gasteiger partial charge in [0.2, 0.25) is 11.7 Å². The number of hydrogen-bond donors (Lipinski definition) is 1. The molecule has 1 amide bonds. The second kappa shape index (κ2) is 11.4. The summed E-state index contributed by atoms with van der Waals surface area (Å²) >= 11 is 0. The summed E-state index contributed by atoms with van der Waals surface area (Å²) in [5.41, 5.74) is 3.42. The van der Waals surface area contributed by atoms with Gasteiger partial charge in [-0.1, -0.05) is 42.5 Å². The van der Waals surface area contributed by atoms with Gasteiger partial charge in [-0.25, -0.2) is 0 Å². The summed E-state index contributed by atoms with van der Waals surface area (Å²) < 4.78 is 21.4. The zero-order chi connectivity index (χ0) is 23.6. The molecule has 0 radical (unpaired) electrons. The molecule has 0 bridgehead atoms. The molecular weight excluding hydrogens is 418 g/mol. The number of amides is 1. The van der Waals surface area contributed by atoms with Crippen molar-refractivity contribution in [3.05, 3.63) is 83.4 Å². The average molecular weight is 446 g/mol. The van der Waals surface area contributed by atoms with E-state index in [1.165, 1.54) is 6.08 Å². The fraction of sp³-hybridized carbons (Fsp3) is 0.148. The van der Waals surface area contributed by atoms with E-state index in [9.17, 15) is 4.79 Å². The highest BCUT2D eigenvalue weighted by Gasteiger charge is 2.12. The maximum atomic E-state index is 12.3. The van der Waals surface area contributed by atoms with Crippen LogP contribution in [0.3, 0.4) is 0 Å². The van der Waals surface area contributed by atoms with Crippen LogP contribution in [-0.4, -0.2) is 34.3 Å². The van der Waals surface area contributed by atoms with Crippen LogP contribution in [0.4, 0.5) is 5.69 Å². The van der Waals surface area contributed by atoms with Gasteiger partial charge in [0.05, 0.1) is 28.4 Å². The summed E-state index contributed by atoms with van der Waals surface area (Å²) in [6, 6.07) is 18.8. The molecule has 6 heteroatoms. The Hall–Kier alpha value is -4.19.